The summed E-state index contributed by atoms with van der Waals surface area (Å²) < 4.78 is 40.6. The Morgan fingerprint density at radius 3 is 2.69 bits per heavy atom. The molecular formula is C16H15FN2O5S2. The van der Waals surface area contributed by atoms with E-state index in [1.807, 2.05) is 0 Å². The van der Waals surface area contributed by atoms with Crippen molar-refractivity contribution in [3.8, 4) is 0 Å². The van der Waals surface area contributed by atoms with Crippen LogP contribution in [0.3, 0.4) is 0 Å². The summed E-state index contributed by atoms with van der Waals surface area (Å²) in [7, 11) is -3.79. The molecule has 1 fully saturated rings. The summed E-state index contributed by atoms with van der Waals surface area (Å²) in [6, 6.07) is 5.24. The molecule has 0 bridgehead atoms. The highest BCUT2D eigenvalue weighted by molar-refractivity contribution is 7.91. The van der Waals surface area contributed by atoms with Gasteiger partial charge >= 0.3 is 5.97 Å². The van der Waals surface area contributed by atoms with E-state index in [1.165, 1.54) is 6.07 Å². The molecule has 2 heterocycles. The number of nitrogens with zero attached hydrogens (tertiary/aromatic N) is 1. The Labute approximate surface area is 153 Å². The first kappa shape index (κ1) is 18.5. The Bertz CT molecular complexity index is 944. The van der Waals surface area contributed by atoms with E-state index in [0.29, 0.717) is 12.8 Å². The molecule has 1 aliphatic rings. The normalized spacial score (nSPS) is 18.0. The number of hydrogen-bond donors (Lipinski definition) is 2. The second kappa shape index (κ2) is 7.14. The van der Waals surface area contributed by atoms with E-state index < -0.39 is 33.8 Å². The number of carbonyl (C=O) groups excluding carboxylic acids is 1. The number of anilines is 1. The topological polar surface area (TPSA) is 104 Å². The zero-order valence-corrected chi connectivity index (χ0v) is 15.0. The lowest BCUT2D eigenvalue weighted by Crippen LogP contribution is -2.43. The zero-order chi connectivity index (χ0) is 18.9. The van der Waals surface area contributed by atoms with Crippen molar-refractivity contribution in [2.45, 2.75) is 23.1 Å². The van der Waals surface area contributed by atoms with Crippen LogP contribution >= 0.6 is 11.3 Å². The number of rotatable bonds is 5. The molecule has 1 amide bonds. The van der Waals surface area contributed by atoms with Crippen LogP contribution in [0.15, 0.2) is 39.9 Å². The van der Waals surface area contributed by atoms with E-state index in [0.717, 1.165) is 33.8 Å². The molecule has 0 radical (unpaired) electrons. The molecule has 0 saturated carbocycles. The van der Waals surface area contributed by atoms with Crippen LogP contribution in [-0.4, -0.2) is 42.3 Å². The third-order valence-electron chi connectivity index (χ3n) is 4.04. The highest BCUT2D eigenvalue weighted by Gasteiger charge is 2.40. The number of carboxylic acid groups (broad SMARTS) is 1. The maximum absolute atomic E-state index is 14.0. The number of carboxylic acids is 1. The molecule has 7 nitrogen and oxygen atoms in total. The third kappa shape index (κ3) is 3.48. The molecule has 1 saturated heterocycles. The number of carbonyl (C=O) groups is 2. The minimum atomic E-state index is -3.79. The van der Waals surface area contributed by atoms with Gasteiger partial charge in [-0.05, 0) is 42.5 Å². The summed E-state index contributed by atoms with van der Waals surface area (Å²) in [6.45, 7) is 0.207. The van der Waals surface area contributed by atoms with Crippen molar-refractivity contribution in [3.05, 3.63) is 47.1 Å². The molecule has 10 heteroatoms. The highest BCUT2D eigenvalue weighted by atomic mass is 32.2. The summed E-state index contributed by atoms with van der Waals surface area (Å²) >= 11 is 1.06. The van der Waals surface area contributed by atoms with Crippen molar-refractivity contribution in [1.29, 1.82) is 0 Å². The molecule has 1 aliphatic heterocycles. The largest absolute Gasteiger partial charge is 0.478 e. The average molecular weight is 398 g/mol. The zero-order valence-electron chi connectivity index (χ0n) is 13.4. The van der Waals surface area contributed by atoms with Crippen molar-refractivity contribution in [3.63, 3.8) is 0 Å². The van der Waals surface area contributed by atoms with Gasteiger partial charge in [0, 0.05) is 6.54 Å². The van der Waals surface area contributed by atoms with Gasteiger partial charge in [-0.1, -0.05) is 6.07 Å². The van der Waals surface area contributed by atoms with E-state index in [4.69, 9.17) is 5.11 Å². The van der Waals surface area contributed by atoms with Crippen LogP contribution in [0.4, 0.5) is 10.1 Å². The lowest BCUT2D eigenvalue weighted by Gasteiger charge is -2.22. The summed E-state index contributed by atoms with van der Waals surface area (Å²) in [5.74, 6) is -2.83. The van der Waals surface area contributed by atoms with Gasteiger partial charge in [-0.15, -0.1) is 11.3 Å². The molecule has 1 aromatic carbocycles. The molecule has 26 heavy (non-hydrogen) atoms. The van der Waals surface area contributed by atoms with Crippen LogP contribution in [0.1, 0.15) is 23.2 Å². The van der Waals surface area contributed by atoms with Gasteiger partial charge < -0.3 is 10.4 Å². The van der Waals surface area contributed by atoms with Gasteiger partial charge in [0.2, 0.25) is 5.91 Å². The third-order valence-corrected chi connectivity index (χ3v) is 7.32. The van der Waals surface area contributed by atoms with Crippen LogP contribution in [-0.2, 0) is 14.8 Å². The van der Waals surface area contributed by atoms with Crippen LogP contribution < -0.4 is 5.32 Å². The molecule has 2 N–H and O–H groups in total. The van der Waals surface area contributed by atoms with E-state index in [-0.39, 0.29) is 22.0 Å². The number of thiophene rings is 1. The minimum absolute atomic E-state index is 0.147. The van der Waals surface area contributed by atoms with Crippen LogP contribution in [0.2, 0.25) is 0 Å². The number of amides is 1. The van der Waals surface area contributed by atoms with E-state index >= 15 is 0 Å². The average Bonchev–Trinajstić information content (AvgIpc) is 3.28. The first-order valence-corrected chi connectivity index (χ1v) is 10.0. The van der Waals surface area contributed by atoms with E-state index in [9.17, 15) is 22.4 Å². The Morgan fingerprint density at radius 1 is 1.31 bits per heavy atom. The Kier molecular flexibility index (Phi) is 5.08. The molecule has 138 valence electrons. The minimum Gasteiger partial charge on any atom is -0.478 e. The lowest BCUT2D eigenvalue weighted by molar-refractivity contribution is -0.119. The summed E-state index contributed by atoms with van der Waals surface area (Å²) in [6.07, 6.45) is 0.842. The van der Waals surface area contributed by atoms with Gasteiger partial charge in [0.25, 0.3) is 10.0 Å². The van der Waals surface area contributed by atoms with E-state index in [1.54, 1.807) is 11.4 Å². The van der Waals surface area contributed by atoms with E-state index in [2.05, 4.69) is 5.32 Å². The summed E-state index contributed by atoms with van der Waals surface area (Å²) in [5, 5.41) is 12.8. The maximum Gasteiger partial charge on any atom is 0.335 e. The molecule has 2 aromatic rings. The first-order valence-electron chi connectivity index (χ1n) is 7.70. The number of sulfonamides is 1. The molecule has 3 rings (SSSR count). The number of aromatic carboxylic acids is 1. The fraction of sp³-hybridized carbons (Fsp3) is 0.250. The molecule has 1 atom stereocenters. The summed E-state index contributed by atoms with van der Waals surface area (Å²) in [4.78, 5) is 23.4. The van der Waals surface area contributed by atoms with Crippen molar-refractivity contribution in [2.24, 2.45) is 0 Å². The first-order chi connectivity index (χ1) is 12.3. The van der Waals surface area contributed by atoms with Crippen LogP contribution in [0.25, 0.3) is 0 Å². The van der Waals surface area contributed by atoms with Crippen molar-refractivity contribution in [2.75, 3.05) is 11.9 Å². The molecule has 1 unspecified atom stereocenters. The second-order valence-electron chi connectivity index (χ2n) is 5.69. The van der Waals surface area contributed by atoms with Crippen molar-refractivity contribution in [1.82, 2.24) is 4.31 Å². The highest BCUT2D eigenvalue weighted by Crippen LogP contribution is 2.29. The van der Waals surface area contributed by atoms with Gasteiger partial charge in [-0.25, -0.2) is 17.6 Å². The Morgan fingerprint density at radius 2 is 2.08 bits per heavy atom. The van der Waals surface area contributed by atoms with Crippen molar-refractivity contribution >= 4 is 38.9 Å². The monoisotopic (exact) mass is 398 g/mol. The van der Waals surface area contributed by atoms with Gasteiger partial charge in [0.1, 0.15) is 16.1 Å². The number of hydrogen-bond acceptors (Lipinski definition) is 5. The molecule has 1 aromatic heterocycles. The Balaban J connectivity index is 1.80. The smallest absolute Gasteiger partial charge is 0.335 e. The predicted molar refractivity (Wildman–Crippen MR) is 93.2 cm³/mol. The van der Waals surface area contributed by atoms with Gasteiger partial charge in [-0.2, -0.15) is 4.31 Å². The summed E-state index contributed by atoms with van der Waals surface area (Å²) in [5.41, 5.74) is -0.441. The fourth-order valence-electron chi connectivity index (χ4n) is 2.78. The SMILES string of the molecule is O=C(O)c1ccc(NC(=O)C2CCCN2S(=O)(=O)c2cccs2)c(F)c1. The maximum atomic E-state index is 14.0. The quantitative estimate of drug-likeness (QED) is 0.805. The molecule has 0 aliphatic carbocycles. The van der Waals surface area contributed by atoms with Crippen LogP contribution in [0.5, 0.6) is 0 Å². The molecule has 0 spiro atoms. The standard InChI is InChI=1S/C16H15FN2O5S2/c17-11-9-10(16(21)22)5-6-12(11)18-15(20)13-3-1-7-19(13)26(23,24)14-4-2-8-25-14/h2,4-6,8-9,13H,1,3,7H2,(H,18,20)(H,21,22). The van der Waals surface area contributed by atoms with Gasteiger partial charge in [0.15, 0.2) is 0 Å². The number of nitrogens with one attached hydrogen (secondary N) is 1. The van der Waals surface area contributed by atoms with Gasteiger partial charge in [-0.3, -0.25) is 4.79 Å². The van der Waals surface area contributed by atoms with Gasteiger partial charge in [0.05, 0.1) is 11.3 Å². The molecular weight excluding hydrogens is 383 g/mol. The Hall–Kier alpha value is -2.30. The van der Waals surface area contributed by atoms with Crippen LogP contribution in [0, 0.1) is 5.82 Å². The number of benzene rings is 1. The van der Waals surface area contributed by atoms with Crippen molar-refractivity contribution < 1.29 is 27.5 Å². The lowest BCUT2D eigenvalue weighted by atomic mass is 10.1. The number of halogens is 1. The fourth-order valence-corrected chi connectivity index (χ4v) is 5.56. The predicted octanol–water partition coefficient (Wildman–Crippen LogP) is 2.38. The second-order valence-corrected chi connectivity index (χ2v) is 8.76.